The van der Waals surface area contributed by atoms with Crippen LogP contribution in [0.25, 0.3) is 11.1 Å². The molecule has 1 aliphatic rings. The number of pyridine rings is 1. The average molecular weight is 361 g/mol. The summed E-state index contributed by atoms with van der Waals surface area (Å²) < 4.78 is 6.65. The molecule has 1 aromatic heterocycles. The summed E-state index contributed by atoms with van der Waals surface area (Å²) in [6.07, 6.45) is 6.04. The Labute approximate surface area is 138 Å². The highest BCUT2D eigenvalue weighted by Crippen LogP contribution is 2.41. The van der Waals surface area contributed by atoms with Crippen LogP contribution in [-0.4, -0.2) is 10.9 Å². The number of fused-ring (bicyclic) bond motifs is 3. The lowest BCUT2D eigenvalue weighted by atomic mass is 9.98. The molecule has 0 saturated carbocycles. The van der Waals surface area contributed by atoms with E-state index < -0.39 is 0 Å². The Morgan fingerprint density at radius 3 is 3.09 bits per heavy atom. The highest BCUT2D eigenvalue weighted by molar-refractivity contribution is 9.10. The normalized spacial score (nSPS) is 12.1. The largest absolute Gasteiger partial charge is 0.488 e. The van der Waals surface area contributed by atoms with Gasteiger partial charge in [0, 0.05) is 40.5 Å². The van der Waals surface area contributed by atoms with Crippen LogP contribution in [-0.2, 0) is 11.4 Å². The van der Waals surface area contributed by atoms with E-state index in [0.717, 1.165) is 45.4 Å². The Morgan fingerprint density at radius 1 is 1.41 bits per heavy atom. The van der Waals surface area contributed by atoms with Crippen molar-refractivity contribution in [2.24, 2.45) is 0 Å². The van der Waals surface area contributed by atoms with E-state index in [1.165, 1.54) is 0 Å². The van der Waals surface area contributed by atoms with Crippen molar-refractivity contribution in [3.63, 3.8) is 0 Å². The van der Waals surface area contributed by atoms with Crippen molar-refractivity contribution in [2.75, 3.05) is 5.32 Å². The van der Waals surface area contributed by atoms with Crippen LogP contribution >= 0.6 is 15.9 Å². The van der Waals surface area contributed by atoms with E-state index in [1.54, 1.807) is 6.20 Å². The molecule has 0 unspecified atom stereocenters. The van der Waals surface area contributed by atoms with Gasteiger partial charge in [0.1, 0.15) is 12.4 Å². The second-order valence-electron chi connectivity index (χ2n) is 5.30. The molecule has 22 heavy (non-hydrogen) atoms. The minimum Gasteiger partial charge on any atom is -0.488 e. The number of nitrogens with zero attached hydrogens (tertiary/aromatic N) is 1. The molecule has 1 amide bonds. The number of ether oxygens (including phenoxy) is 1. The second-order valence-corrected chi connectivity index (χ2v) is 6.16. The van der Waals surface area contributed by atoms with Gasteiger partial charge in [0.25, 0.3) is 0 Å². The maximum absolute atomic E-state index is 11.9. The first-order chi connectivity index (χ1) is 10.7. The Kier molecular flexibility index (Phi) is 4.43. The molecule has 4 nitrogen and oxygen atoms in total. The zero-order valence-corrected chi connectivity index (χ0v) is 13.9. The average Bonchev–Trinajstić information content (AvgIpc) is 2.53. The van der Waals surface area contributed by atoms with Crippen LogP contribution < -0.4 is 10.1 Å². The molecule has 0 aliphatic carbocycles. The standard InChI is InChI=1S/C17H17BrN2O2/c1-2-3-4-17(21)20-15-8-16-13(7-14(15)18)12-5-6-19-9-11(12)10-22-16/h5-9H,2-4,10H2,1H3,(H,20,21). The number of hydrogen-bond acceptors (Lipinski definition) is 3. The fraction of sp³-hybridized carbons (Fsp3) is 0.294. The number of carbonyl (C=O) groups is 1. The van der Waals surface area contributed by atoms with E-state index in [9.17, 15) is 4.79 Å². The zero-order chi connectivity index (χ0) is 15.5. The quantitative estimate of drug-likeness (QED) is 0.870. The Bertz CT molecular complexity index is 716. The topological polar surface area (TPSA) is 51.2 Å². The van der Waals surface area contributed by atoms with Crippen molar-refractivity contribution in [1.82, 2.24) is 4.98 Å². The van der Waals surface area contributed by atoms with E-state index in [4.69, 9.17) is 4.74 Å². The summed E-state index contributed by atoms with van der Waals surface area (Å²) in [6.45, 7) is 2.57. The van der Waals surface area contributed by atoms with Gasteiger partial charge in [-0.3, -0.25) is 9.78 Å². The van der Waals surface area contributed by atoms with Gasteiger partial charge in [-0.15, -0.1) is 0 Å². The number of carbonyl (C=O) groups excluding carboxylic acids is 1. The van der Waals surface area contributed by atoms with E-state index in [0.29, 0.717) is 13.0 Å². The molecule has 2 aromatic rings. The molecule has 5 heteroatoms. The van der Waals surface area contributed by atoms with Crippen LogP contribution in [0.1, 0.15) is 31.7 Å². The lowest BCUT2D eigenvalue weighted by Crippen LogP contribution is -2.12. The Balaban J connectivity index is 1.90. The van der Waals surface area contributed by atoms with Gasteiger partial charge < -0.3 is 10.1 Å². The molecule has 3 rings (SSSR count). The number of unbranched alkanes of at least 4 members (excludes halogenated alkanes) is 1. The number of hydrogen-bond donors (Lipinski definition) is 1. The molecular formula is C17H17BrN2O2. The van der Waals surface area contributed by atoms with Crippen molar-refractivity contribution >= 4 is 27.5 Å². The Morgan fingerprint density at radius 2 is 2.27 bits per heavy atom. The summed E-state index contributed by atoms with van der Waals surface area (Å²) in [5.74, 6) is 0.815. The lowest BCUT2D eigenvalue weighted by Gasteiger charge is -2.22. The molecule has 0 saturated heterocycles. The minimum absolute atomic E-state index is 0.0305. The van der Waals surface area contributed by atoms with Crippen molar-refractivity contribution < 1.29 is 9.53 Å². The monoisotopic (exact) mass is 360 g/mol. The molecule has 1 aliphatic heterocycles. The number of anilines is 1. The van der Waals surface area contributed by atoms with Gasteiger partial charge in [0.05, 0.1) is 5.69 Å². The number of nitrogens with one attached hydrogen (secondary N) is 1. The molecule has 0 radical (unpaired) electrons. The van der Waals surface area contributed by atoms with E-state index in [-0.39, 0.29) is 5.91 Å². The molecular weight excluding hydrogens is 344 g/mol. The highest BCUT2D eigenvalue weighted by atomic mass is 79.9. The molecule has 1 aromatic carbocycles. The van der Waals surface area contributed by atoms with Crippen LogP contribution in [0, 0.1) is 0 Å². The number of rotatable bonds is 4. The van der Waals surface area contributed by atoms with Crippen LogP contribution in [0.15, 0.2) is 35.1 Å². The smallest absolute Gasteiger partial charge is 0.224 e. The SMILES string of the molecule is CCCCC(=O)Nc1cc2c(cc1Br)-c1ccncc1CO2. The number of benzene rings is 1. The first kappa shape index (κ1) is 15.0. The molecule has 0 bridgehead atoms. The predicted molar refractivity (Wildman–Crippen MR) is 89.9 cm³/mol. The maximum atomic E-state index is 11.9. The number of halogens is 1. The minimum atomic E-state index is 0.0305. The van der Waals surface area contributed by atoms with Gasteiger partial charge in [-0.05, 0) is 40.0 Å². The van der Waals surface area contributed by atoms with Gasteiger partial charge in [0.2, 0.25) is 5.91 Å². The van der Waals surface area contributed by atoms with Gasteiger partial charge in [-0.2, -0.15) is 0 Å². The van der Waals surface area contributed by atoms with Crippen LogP contribution in [0.3, 0.4) is 0 Å². The molecule has 0 atom stereocenters. The summed E-state index contributed by atoms with van der Waals surface area (Å²) in [7, 11) is 0. The molecule has 2 heterocycles. The first-order valence-corrected chi connectivity index (χ1v) is 8.17. The molecule has 0 spiro atoms. The van der Waals surface area contributed by atoms with Crippen LogP contribution in [0.2, 0.25) is 0 Å². The van der Waals surface area contributed by atoms with Gasteiger partial charge in [-0.1, -0.05) is 13.3 Å². The summed E-state index contributed by atoms with van der Waals surface area (Å²) in [6, 6.07) is 5.86. The second kappa shape index (κ2) is 6.48. The highest BCUT2D eigenvalue weighted by Gasteiger charge is 2.19. The van der Waals surface area contributed by atoms with Crippen molar-refractivity contribution in [3.05, 3.63) is 40.6 Å². The van der Waals surface area contributed by atoms with Crippen LogP contribution in [0.5, 0.6) is 5.75 Å². The molecule has 0 fully saturated rings. The maximum Gasteiger partial charge on any atom is 0.224 e. The number of amides is 1. The predicted octanol–water partition coefficient (Wildman–Crippen LogP) is 4.53. The third-order valence-electron chi connectivity index (χ3n) is 3.68. The lowest BCUT2D eigenvalue weighted by molar-refractivity contribution is -0.116. The Hall–Kier alpha value is -1.88. The fourth-order valence-corrected chi connectivity index (χ4v) is 2.93. The summed E-state index contributed by atoms with van der Waals surface area (Å²) in [4.78, 5) is 16.0. The van der Waals surface area contributed by atoms with Crippen molar-refractivity contribution in [3.8, 4) is 16.9 Å². The number of aromatic nitrogens is 1. The van der Waals surface area contributed by atoms with Gasteiger partial charge >= 0.3 is 0 Å². The van der Waals surface area contributed by atoms with Gasteiger partial charge in [0.15, 0.2) is 0 Å². The summed E-state index contributed by atoms with van der Waals surface area (Å²) >= 11 is 3.54. The summed E-state index contributed by atoms with van der Waals surface area (Å²) in [5, 5.41) is 2.94. The molecule has 114 valence electrons. The molecule has 1 N–H and O–H groups in total. The van der Waals surface area contributed by atoms with Crippen LogP contribution in [0.4, 0.5) is 5.69 Å². The third kappa shape index (κ3) is 2.99. The zero-order valence-electron chi connectivity index (χ0n) is 12.4. The summed E-state index contributed by atoms with van der Waals surface area (Å²) in [5.41, 5.74) is 3.96. The van der Waals surface area contributed by atoms with E-state index >= 15 is 0 Å². The van der Waals surface area contributed by atoms with E-state index in [1.807, 2.05) is 24.4 Å². The van der Waals surface area contributed by atoms with E-state index in [2.05, 4.69) is 33.2 Å². The van der Waals surface area contributed by atoms with Crippen molar-refractivity contribution in [2.45, 2.75) is 32.8 Å². The van der Waals surface area contributed by atoms with Gasteiger partial charge in [-0.25, -0.2) is 0 Å². The first-order valence-electron chi connectivity index (χ1n) is 7.38. The fourth-order valence-electron chi connectivity index (χ4n) is 2.49. The van der Waals surface area contributed by atoms with Crippen molar-refractivity contribution in [1.29, 1.82) is 0 Å². The third-order valence-corrected chi connectivity index (χ3v) is 4.33.